The molecule has 0 aromatic heterocycles. The Morgan fingerprint density at radius 1 is 1.07 bits per heavy atom. The van der Waals surface area contributed by atoms with E-state index in [1.54, 1.807) is 0 Å². The van der Waals surface area contributed by atoms with Crippen molar-refractivity contribution in [3.05, 3.63) is 0 Å². The Kier molecular flexibility index (Phi) is 3.66. The first-order chi connectivity index (χ1) is 6.79. The summed E-state index contributed by atoms with van der Waals surface area (Å²) in [5, 5.41) is 36.9. The van der Waals surface area contributed by atoms with Gasteiger partial charge in [0.15, 0.2) is 5.37 Å². The third-order valence-electron chi connectivity index (χ3n) is 2.32. The van der Waals surface area contributed by atoms with Gasteiger partial charge in [-0.3, -0.25) is 9.87 Å². The fourth-order valence-corrected chi connectivity index (χ4v) is 2.31. The molecule has 0 saturated carbocycles. The standard InChI is InChI=1S/C6H13NO7S/c8-1-2-3(9)4(10)5(11)6(7-2)15(12,13)14/h2-11H,1H2,(H,12,13,14)/t2?,3-,4?,5-,6+/m1/s1. The predicted molar refractivity (Wildman–Crippen MR) is 47.4 cm³/mol. The zero-order chi connectivity index (χ0) is 11.8. The summed E-state index contributed by atoms with van der Waals surface area (Å²) in [5.41, 5.74) is 0. The summed E-state index contributed by atoms with van der Waals surface area (Å²) in [6.07, 6.45) is -5.13. The van der Waals surface area contributed by atoms with Crippen molar-refractivity contribution in [3.8, 4) is 0 Å². The highest BCUT2D eigenvalue weighted by atomic mass is 32.2. The van der Waals surface area contributed by atoms with Crippen LogP contribution >= 0.6 is 0 Å². The van der Waals surface area contributed by atoms with Gasteiger partial charge in [-0.05, 0) is 0 Å². The Labute approximate surface area is 85.9 Å². The van der Waals surface area contributed by atoms with E-state index in [0.717, 1.165) is 0 Å². The molecule has 1 aliphatic rings. The first kappa shape index (κ1) is 12.8. The third kappa shape index (κ3) is 2.45. The van der Waals surface area contributed by atoms with Crippen LogP contribution in [-0.2, 0) is 10.1 Å². The zero-order valence-corrected chi connectivity index (χ0v) is 8.37. The topological polar surface area (TPSA) is 147 Å². The predicted octanol–water partition coefficient (Wildman–Crippen LogP) is -3.75. The largest absolute Gasteiger partial charge is 0.395 e. The molecule has 0 aliphatic carbocycles. The van der Waals surface area contributed by atoms with Crippen LogP contribution in [0.25, 0.3) is 0 Å². The summed E-state index contributed by atoms with van der Waals surface area (Å²) >= 11 is 0. The van der Waals surface area contributed by atoms with Crippen LogP contribution in [0.2, 0.25) is 0 Å². The van der Waals surface area contributed by atoms with Crippen molar-refractivity contribution in [1.29, 1.82) is 0 Å². The minimum atomic E-state index is -4.62. The number of aliphatic hydroxyl groups is 4. The fraction of sp³-hybridized carbons (Fsp3) is 1.00. The summed E-state index contributed by atoms with van der Waals surface area (Å²) in [6.45, 7) is -0.642. The second kappa shape index (κ2) is 4.29. The normalized spacial score (nSPS) is 42.9. The minimum Gasteiger partial charge on any atom is -0.395 e. The van der Waals surface area contributed by atoms with Gasteiger partial charge in [-0.15, -0.1) is 0 Å². The molecular formula is C6H13NO7S. The molecule has 0 aromatic carbocycles. The molecule has 0 radical (unpaired) electrons. The van der Waals surface area contributed by atoms with E-state index in [1.165, 1.54) is 0 Å². The van der Waals surface area contributed by atoms with Crippen molar-refractivity contribution in [2.24, 2.45) is 0 Å². The maximum atomic E-state index is 10.8. The minimum absolute atomic E-state index is 0.642. The molecule has 0 bridgehead atoms. The van der Waals surface area contributed by atoms with Crippen LogP contribution in [0, 0.1) is 0 Å². The lowest BCUT2D eigenvalue weighted by Gasteiger charge is -2.39. The third-order valence-corrected chi connectivity index (χ3v) is 3.37. The molecular weight excluding hydrogens is 230 g/mol. The molecule has 6 N–H and O–H groups in total. The Hall–Kier alpha value is -0.290. The number of nitrogens with one attached hydrogen (secondary N) is 1. The lowest BCUT2D eigenvalue weighted by atomic mass is 9.96. The van der Waals surface area contributed by atoms with Gasteiger partial charge in [0.05, 0.1) is 12.6 Å². The molecule has 5 atom stereocenters. The molecule has 0 spiro atoms. The van der Waals surface area contributed by atoms with Crippen molar-refractivity contribution in [1.82, 2.24) is 5.32 Å². The molecule has 1 aliphatic heterocycles. The second-order valence-electron chi connectivity index (χ2n) is 3.36. The first-order valence-electron chi connectivity index (χ1n) is 4.16. The SMILES string of the molecule is O=S(=O)(O)[C@@H]1NC(CO)[C@@H](O)C(O)[C@H]1O. The van der Waals surface area contributed by atoms with Gasteiger partial charge in [-0.25, -0.2) is 0 Å². The first-order valence-corrected chi connectivity index (χ1v) is 5.66. The monoisotopic (exact) mass is 243 g/mol. The van der Waals surface area contributed by atoms with Crippen LogP contribution in [0.3, 0.4) is 0 Å². The molecule has 1 fully saturated rings. The van der Waals surface area contributed by atoms with E-state index in [4.69, 9.17) is 9.66 Å². The van der Waals surface area contributed by atoms with E-state index < -0.39 is 46.5 Å². The van der Waals surface area contributed by atoms with Crippen LogP contribution < -0.4 is 5.32 Å². The summed E-state index contributed by atoms with van der Waals surface area (Å²) < 4.78 is 30.2. The second-order valence-corrected chi connectivity index (χ2v) is 4.90. The van der Waals surface area contributed by atoms with Crippen LogP contribution in [0.4, 0.5) is 0 Å². The van der Waals surface area contributed by atoms with Gasteiger partial charge in [0, 0.05) is 0 Å². The van der Waals surface area contributed by atoms with Gasteiger partial charge in [0.2, 0.25) is 0 Å². The lowest BCUT2D eigenvalue weighted by molar-refractivity contribution is -0.108. The lowest BCUT2D eigenvalue weighted by Crippen LogP contribution is -2.67. The zero-order valence-electron chi connectivity index (χ0n) is 7.55. The molecule has 0 aromatic rings. The maximum absolute atomic E-state index is 10.8. The highest BCUT2D eigenvalue weighted by molar-refractivity contribution is 7.86. The van der Waals surface area contributed by atoms with Gasteiger partial charge >= 0.3 is 0 Å². The van der Waals surface area contributed by atoms with E-state index >= 15 is 0 Å². The number of aliphatic hydroxyl groups excluding tert-OH is 4. The molecule has 0 amide bonds. The van der Waals surface area contributed by atoms with Crippen molar-refractivity contribution in [2.75, 3.05) is 6.61 Å². The van der Waals surface area contributed by atoms with Crippen molar-refractivity contribution < 1.29 is 33.4 Å². The van der Waals surface area contributed by atoms with Crippen LogP contribution in [0.5, 0.6) is 0 Å². The molecule has 90 valence electrons. The Balaban J connectivity index is 2.93. The number of piperidine rings is 1. The van der Waals surface area contributed by atoms with Crippen molar-refractivity contribution in [3.63, 3.8) is 0 Å². The number of hydrogen-bond donors (Lipinski definition) is 6. The van der Waals surface area contributed by atoms with Gasteiger partial charge in [0.1, 0.15) is 18.3 Å². The van der Waals surface area contributed by atoms with Crippen LogP contribution in [0.1, 0.15) is 0 Å². The van der Waals surface area contributed by atoms with Gasteiger partial charge < -0.3 is 20.4 Å². The summed E-state index contributed by atoms with van der Waals surface area (Å²) in [5.74, 6) is 0. The number of rotatable bonds is 2. The van der Waals surface area contributed by atoms with Crippen molar-refractivity contribution >= 4 is 10.1 Å². The van der Waals surface area contributed by atoms with Crippen LogP contribution in [0.15, 0.2) is 0 Å². The van der Waals surface area contributed by atoms with E-state index in [1.807, 2.05) is 0 Å². The molecule has 9 heteroatoms. The quantitative estimate of drug-likeness (QED) is 0.271. The average molecular weight is 243 g/mol. The Morgan fingerprint density at radius 3 is 2.00 bits per heavy atom. The maximum Gasteiger partial charge on any atom is 0.283 e. The average Bonchev–Trinajstić information content (AvgIpc) is 2.13. The Morgan fingerprint density at radius 2 is 1.60 bits per heavy atom. The summed E-state index contributed by atoms with van der Waals surface area (Å²) in [7, 11) is -4.62. The highest BCUT2D eigenvalue weighted by Gasteiger charge is 2.47. The molecule has 15 heavy (non-hydrogen) atoms. The van der Waals surface area contributed by atoms with Gasteiger partial charge in [0.25, 0.3) is 10.1 Å². The summed E-state index contributed by atoms with van der Waals surface area (Å²) in [4.78, 5) is 0. The summed E-state index contributed by atoms with van der Waals surface area (Å²) in [6, 6.07) is -1.13. The molecule has 2 unspecified atom stereocenters. The van der Waals surface area contributed by atoms with Crippen molar-refractivity contribution in [2.45, 2.75) is 29.7 Å². The molecule has 8 nitrogen and oxygen atoms in total. The molecule has 1 saturated heterocycles. The van der Waals surface area contributed by atoms with Gasteiger partial charge in [-0.2, -0.15) is 8.42 Å². The van der Waals surface area contributed by atoms with E-state index in [-0.39, 0.29) is 0 Å². The fourth-order valence-electron chi connectivity index (χ4n) is 1.45. The smallest absolute Gasteiger partial charge is 0.283 e. The van der Waals surface area contributed by atoms with E-state index in [2.05, 4.69) is 5.32 Å². The van der Waals surface area contributed by atoms with Crippen LogP contribution in [-0.4, -0.2) is 69.7 Å². The molecule has 1 heterocycles. The Bertz CT molecular complexity index is 315. The highest BCUT2D eigenvalue weighted by Crippen LogP contribution is 2.18. The van der Waals surface area contributed by atoms with E-state index in [0.29, 0.717) is 0 Å². The van der Waals surface area contributed by atoms with E-state index in [9.17, 15) is 23.7 Å². The number of hydrogen-bond acceptors (Lipinski definition) is 7. The molecule has 1 rings (SSSR count). The van der Waals surface area contributed by atoms with Gasteiger partial charge in [-0.1, -0.05) is 0 Å².